The summed E-state index contributed by atoms with van der Waals surface area (Å²) in [6.07, 6.45) is 0. The van der Waals surface area contributed by atoms with Crippen molar-refractivity contribution in [3.8, 4) is 0 Å². The summed E-state index contributed by atoms with van der Waals surface area (Å²) in [4.78, 5) is 35.4. The highest BCUT2D eigenvalue weighted by Gasteiger charge is 2.10. The van der Waals surface area contributed by atoms with Crippen molar-refractivity contribution in [2.75, 3.05) is 5.32 Å². The molecule has 0 aliphatic heterocycles. The Morgan fingerprint density at radius 1 is 1.38 bits per heavy atom. The molecule has 4 N–H and O–H groups in total. The number of halogens is 1. The van der Waals surface area contributed by atoms with Crippen molar-refractivity contribution in [2.45, 2.75) is 6.54 Å². The topological polar surface area (TPSA) is 111 Å². The van der Waals surface area contributed by atoms with Crippen molar-refractivity contribution in [1.82, 2.24) is 10.3 Å². The van der Waals surface area contributed by atoms with Crippen molar-refractivity contribution < 1.29 is 19.1 Å². The first-order chi connectivity index (χ1) is 9.95. The van der Waals surface area contributed by atoms with E-state index in [2.05, 4.69) is 15.6 Å². The molecule has 0 spiro atoms. The number of urea groups is 1. The normalized spacial score (nSPS) is 10.1. The molecule has 0 fully saturated rings. The number of carboxylic acid groups (broad SMARTS) is 1. The second-order valence-corrected chi connectivity index (χ2v) is 4.82. The van der Waals surface area contributed by atoms with Gasteiger partial charge in [-0.15, -0.1) is 0 Å². The number of amides is 2. The number of thiazole rings is 1. The number of carbonyl (C=O) groups excluding carboxylic acids is 1. The van der Waals surface area contributed by atoms with E-state index in [-0.39, 0.29) is 22.7 Å². The minimum absolute atomic E-state index is 0.0827. The van der Waals surface area contributed by atoms with Crippen molar-refractivity contribution in [2.24, 2.45) is 0 Å². The van der Waals surface area contributed by atoms with Crippen LogP contribution in [0.2, 0.25) is 0 Å². The third-order valence-corrected chi connectivity index (χ3v) is 3.19. The number of H-pyrrole nitrogens is 1. The summed E-state index contributed by atoms with van der Waals surface area (Å²) >= 11 is 0.968. The molecule has 0 saturated heterocycles. The predicted molar refractivity (Wildman–Crippen MR) is 74.2 cm³/mol. The third-order valence-electron chi connectivity index (χ3n) is 2.47. The fourth-order valence-electron chi connectivity index (χ4n) is 1.49. The number of anilines is 1. The van der Waals surface area contributed by atoms with Crippen molar-refractivity contribution >= 4 is 29.0 Å². The number of hydrogen-bond acceptors (Lipinski definition) is 4. The van der Waals surface area contributed by atoms with E-state index in [4.69, 9.17) is 5.11 Å². The first kappa shape index (κ1) is 14.7. The summed E-state index contributed by atoms with van der Waals surface area (Å²) in [6, 6.07) is 2.47. The van der Waals surface area contributed by atoms with Crippen LogP contribution in [0.1, 0.15) is 16.1 Å². The molecule has 0 unspecified atom stereocenters. The molecule has 0 aliphatic carbocycles. The average Bonchev–Trinajstić information content (AvgIpc) is 2.84. The van der Waals surface area contributed by atoms with Gasteiger partial charge in [0, 0.05) is 11.1 Å². The number of benzene rings is 1. The first-order valence-corrected chi connectivity index (χ1v) is 6.58. The Hall–Kier alpha value is -2.68. The second-order valence-electron chi connectivity index (χ2n) is 3.98. The minimum atomic E-state index is -1.26. The van der Waals surface area contributed by atoms with E-state index < -0.39 is 17.8 Å². The Balaban J connectivity index is 1.96. The lowest BCUT2D eigenvalue weighted by Gasteiger charge is -2.08. The molecule has 1 aromatic heterocycles. The number of carboxylic acids is 1. The van der Waals surface area contributed by atoms with Gasteiger partial charge in [-0.3, -0.25) is 4.79 Å². The monoisotopic (exact) mass is 311 g/mol. The lowest BCUT2D eigenvalue weighted by Crippen LogP contribution is -2.28. The lowest BCUT2D eigenvalue weighted by atomic mass is 10.2. The van der Waals surface area contributed by atoms with Crippen LogP contribution in [0.4, 0.5) is 14.9 Å². The number of aromatic amines is 1. The van der Waals surface area contributed by atoms with Crippen molar-refractivity contribution in [1.29, 1.82) is 0 Å². The Morgan fingerprint density at radius 2 is 2.14 bits per heavy atom. The number of nitrogens with one attached hydrogen (secondary N) is 3. The highest BCUT2D eigenvalue weighted by molar-refractivity contribution is 7.07. The molecule has 7 nitrogen and oxygen atoms in total. The molecule has 1 aromatic carbocycles. The van der Waals surface area contributed by atoms with Gasteiger partial charge in [0.25, 0.3) is 0 Å². The lowest BCUT2D eigenvalue weighted by molar-refractivity contribution is 0.0696. The van der Waals surface area contributed by atoms with Crippen LogP contribution >= 0.6 is 11.3 Å². The smallest absolute Gasteiger partial charge is 0.335 e. The number of hydrogen-bond donors (Lipinski definition) is 4. The van der Waals surface area contributed by atoms with E-state index in [1.165, 1.54) is 6.07 Å². The molecular weight excluding hydrogens is 301 g/mol. The molecular formula is C12H10FN3O4S. The fraction of sp³-hybridized carbons (Fsp3) is 0.0833. The predicted octanol–water partition coefficient (Wildman–Crippen LogP) is 1.60. The highest BCUT2D eigenvalue weighted by Crippen LogP contribution is 2.15. The van der Waals surface area contributed by atoms with E-state index >= 15 is 0 Å². The first-order valence-electron chi connectivity index (χ1n) is 5.70. The maximum Gasteiger partial charge on any atom is 0.335 e. The molecule has 1 heterocycles. The Labute approximate surface area is 121 Å². The molecule has 2 amide bonds. The average molecular weight is 311 g/mol. The Bertz CT molecular complexity index is 740. The summed E-state index contributed by atoms with van der Waals surface area (Å²) in [7, 11) is 0. The molecule has 0 radical (unpaired) electrons. The van der Waals surface area contributed by atoms with E-state index in [1.54, 1.807) is 5.38 Å². The molecule has 2 aromatic rings. The van der Waals surface area contributed by atoms with Gasteiger partial charge in [0.05, 0.1) is 17.8 Å². The zero-order chi connectivity index (χ0) is 15.4. The third kappa shape index (κ3) is 3.89. The Kier molecular flexibility index (Phi) is 4.33. The largest absolute Gasteiger partial charge is 0.478 e. The van der Waals surface area contributed by atoms with E-state index in [1.807, 2.05) is 0 Å². The molecule has 2 rings (SSSR count). The van der Waals surface area contributed by atoms with E-state index in [9.17, 15) is 18.8 Å². The molecule has 9 heteroatoms. The molecule has 0 aliphatic rings. The van der Waals surface area contributed by atoms with E-state index in [0.29, 0.717) is 5.69 Å². The molecule has 0 bridgehead atoms. The van der Waals surface area contributed by atoms with Gasteiger partial charge in [-0.1, -0.05) is 11.3 Å². The molecule has 0 saturated carbocycles. The van der Waals surface area contributed by atoms with Crippen molar-refractivity contribution in [3.05, 3.63) is 50.3 Å². The van der Waals surface area contributed by atoms with Gasteiger partial charge in [0.15, 0.2) is 0 Å². The zero-order valence-corrected chi connectivity index (χ0v) is 11.3. The van der Waals surface area contributed by atoms with Gasteiger partial charge in [0.2, 0.25) is 0 Å². The van der Waals surface area contributed by atoms with Crippen LogP contribution in [-0.2, 0) is 6.54 Å². The fourth-order valence-corrected chi connectivity index (χ4v) is 2.07. The quantitative estimate of drug-likeness (QED) is 0.687. The maximum absolute atomic E-state index is 13.6. The van der Waals surface area contributed by atoms with Gasteiger partial charge in [-0.05, 0) is 18.2 Å². The molecule has 110 valence electrons. The highest BCUT2D eigenvalue weighted by atomic mass is 32.1. The molecule has 0 atom stereocenters. The maximum atomic E-state index is 13.6. The minimum Gasteiger partial charge on any atom is -0.478 e. The SMILES string of the molecule is O=C(NCc1csc(=O)[nH]1)Nc1ccc(C(=O)O)cc1F. The number of aromatic carboxylic acids is 1. The zero-order valence-electron chi connectivity index (χ0n) is 10.5. The van der Waals surface area contributed by atoms with Crippen LogP contribution in [0, 0.1) is 5.82 Å². The number of rotatable bonds is 4. The van der Waals surface area contributed by atoms with Crippen LogP contribution in [-0.4, -0.2) is 22.1 Å². The van der Waals surface area contributed by atoms with Crippen molar-refractivity contribution in [3.63, 3.8) is 0 Å². The summed E-state index contributed by atoms with van der Waals surface area (Å²) in [5.41, 5.74) is 0.174. The van der Waals surface area contributed by atoms with Gasteiger partial charge >= 0.3 is 16.9 Å². The van der Waals surface area contributed by atoms with Crippen LogP contribution < -0.4 is 15.5 Å². The number of carbonyl (C=O) groups is 2. The summed E-state index contributed by atoms with van der Waals surface area (Å²) in [5.74, 6) is -2.11. The van der Waals surface area contributed by atoms with E-state index in [0.717, 1.165) is 23.5 Å². The van der Waals surface area contributed by atoms with Crippen LogP contribution in [0.25, 0.3) is 0 Å². The number of aromatic nitrogens is 1. The standard InChI is InChI=1S/C12H10FN3O4S/c13-8-3-6(10(17)18)1-2-9(8)16-11(19)14-4-7-5-21-12(20)15-7/h1-3,5H,4H2,(H,15,20)(H,17,18)(H2,14,16,19). The summed E-state index contributed by atoms with van der Waals surface area (Å²) in [6.45, 7) is 0.0827. The second kappa shape index (κ2) is 6.18. The molecule has 21 heavy (non-hydrogen) atoms. The summed E-state index contributed by atoms with van der Waals surface area (Å²) < 4.78 is 13.6. The van der Waals surface area contributed by atoms with Gasteiger partial charge in [0.1, 0.15) is 5.82 Å². The summed E-state index contributed by atoms with van der Waals surface area (Å²) in [5, 5.41) is 14.9. The van der Waals surface area contributed by atoms with Gasteiger partial charge in [-0.25, -0.2) is 14.0 Å². The van der Waals surface area contributed by atoms with Crippen LogP contribution in [0.15, 0.2) is 28.4 Å². The van der Waals surface area contributed by atoms with Gasteiger partial charge < -0.3 is 20.7 Å². The Morgan fingerprint density at radius 3 is 2.71 bits per heavy atom. The van der Waals surface area contributed by atoms with Crippen LogP contribution in [0.5, 0.6) is 0 Å². The van der Waals surface area contributed by atoms with Gasteiger partial charge in [-0.2, -0.15) is 0 Å². The van der Waals surface area contributed by atoms with Crippen LogP contribution in [0.3, 0.4) is 0 Å².